The van der Waals surface area contributed by atoms with E-state index in [0.29, 0.717) is 6.04 Å². The Bertz CT molecular complexity index is 203. The average Bonchev–Trinajstić information content (AvgIpc) is 2.28. The summed E-state index contributed by atoms with van der Waals surface area (Å²) in [5, 5.41) is 0. The molecule has 92 valence electrons. The first-order chi connectivity index (χ1) is 7.81. The summed E-state index contributed by atoms with van der Waals surface area (Å²) in [6.07, 6.45) is 18.6. The van der Waals surface area contributed by atoms with E-state index in [-0.39, 0.29) is 0 Å². The predicted molar refractivity (Wildman–Crippen MR) is 74.4 cm³/mol. The summed E-state index contributed by atoms with van der Waals surface area (Å²) in [6.45, 7) is 5.86. The van der Waals surface area contributed by atoms with Gasteiger partial charge in [0.05, 0.1) is 0 Å². The lowest BCUT2D eigenvalue weighted by Crippen LogP contribution is -2.18. The van der Waals surface area contributed by atoms with Crippen molar-refractivity contribution in [3.05, 3.63) is 37.0 Å². The van der Waals surface area contributed by atoms with Crippen LogP contribution >= 0.6 is 0 Å². The summed E-state index contributed by atoms with van der Waals surface area (Å²) < 4.78 is 0. The number of rotatable bonds is 10. The van der Waals surface area contributed by atoms with Crippen molar-refractivity contribution >= 4 is 0 Å². The molecule has 1 nitrogen and oxygen atoms in total. The van der Waals surface area contributed by atoms with E-state index in [1.54, 1.807) is 6.08 Å². The largest absolute Gasteiger partial charge is 0.327 e. The van der Waals surface area contributed by atoms with E-state index in [9.17, 15) is 0 Å². The second kappa shape index (κ2) is 12.3. The highest BCUT2D eigenvalue weighted by Gasteiger charge is 1.98. The number of hydrogen-bond donors (Lipinski definition) is 1. The lowest BCUT2D eigenvalue weighted by molar-refractivity contribution is 0.543. The minimum absolute atomic E-state index is 0.329. The Labute approximate surface area is 101 Å². The third kappa shape index (κ3) is 11.3. The van der Waals surface area contributed by atoms with Gasteiger partial charge >= 0.3 is 0 Å². The maximum Gasteiger partial charge on any atom is 0.00735 e. The van der Waals surface area contributed by atoms with E-state index in [0.717, 1.165) is 12.8 Å². The Hall–Kier alpha value is -0.820. The molecule has 0 heterocycles. The molecule has 0 rings (SSSR count). The minimum atomic E-state index is 0.329. The Morgan fingerprint density at radius 2 is 1.81 bits per heavy atom. The van der Waals surface area contributed by atoms with E-state index >= 15 is 0 Å². The molecule has 0 amide bonds. The number of unbranched alkanes of at least 4 members (excludes halogenated alkanes) is 4. The van der Waals surface area contributed by atoms with E-state index < -0.39 is 0 Å². The summed E-state index contributed by atoms with van der Waals surface area (Å²) >= 11 is 0. The molecule has 2 N–H and O–H groups in total. The van der Waals surface area contributed by atoms with E-state index in [2.05, 4.69) is 19.6 Å². The fourth-order valence-electron chi connectivity index (χ4n) is 1.60. The molecule has 1 heteroatoms. The van der Waals surface area contributed by atoms with Gasteiger partial charge in [-0.05, 0) is 12.8 Å². The van der Waals surface area contributed by atoms with Crippen molar-refractivity contribution in [3.63, 3.8) is 0 Å². The van der Waals surface area contributed by atoms with Crippen molar-refractivity contribution in [2.24, 2.45) is 5.73 Å². The van der Waals surface area contributed by atoms with Gasteiger partial charge in [-0.1, -0.05) is 76.0 Å². The van der Waals surface area contributed by atoms with Gasteiger partial charge in [0.2, 0.25) is 0 Å². The topological polar surface area (TPSA) is 26.0 Å². The highest BCUT2D eigenvalue weighted by Crippen LogP contribution is 2.08. The predicted octanol–water partition coefficient (Wildman–Crippen LogP) is 4.36. The van der Waals surface area contributed by atoms with Crippen molar-refractivity contribution in [1.29, 1.82) is 0 Å². The monoisotopic (exact) mass is 221 g/mol. The van der Waals surface area contributed by atoms with Crippen molar-refractivity contribution in [1.82, 2.24) is 0 Å². The Balaban J connectivity index is 3.36. The molecule has 0 radical (unpaired) electrons. The molecular formula is C15H27N. The van der Waals surface area contributed by atoms with Crippen LogP contribution < -0.4 is 5.73 Å². The van der Waals surface area contributed by atoms with E-state index in [1.807, 2.05) is 18.2 Å². The summed E-state index contributed by atoms with van der Waals surface area (Å²) in [5.41, 5.74) is 6.01. The zero-order valence-electron chi connectivity index (χ0n) is 10.7. The SMILES string of the molecule is C=C/C=C\C=C/CC(N)CCCCCCC. The maximum atomic E-state index is 6.01. The number of hydrogen-bond acceptors (Lipinski definition) is 1. The lowest BCUT2D eigenvalue weighted by Gasteiger charge is -2.07. The first-order valence-corrected chi connectivity index (χ1v) is 6.51. The molecule has 0 saturated heterocycles. The first-order valence-electron chi connectivity index (χ1n) is 6.51. The quantitative estimate of drug-likeness (QED) is 0.430. The summed E-state index contributed by atoms with van der Waals surface area (Å²) in [6, 6.07) is 0.329. The summed E-state index contributed by atoms with van der Waals surface area (Å²) in [5.74, 6) is 0. The Kier molecular flexibility index (Phi) is 11.6. The second-order valence-corrected chi connectivity index (χ2v) is 4.25. The van der Waals surface area contributed by atoms with Gasteiger partial charge in [0, 0.05) is 6.04 Å². The van der Waals surface area contributed by atoms with Crippen LogP contribution in [0, 0.1) is 0 Å². The molecule has 1 unspecified atom stereocenters. The van der Waals surface area contributed by atoms with Gasteiger partial charge in [0.1, 0.15) is 0 Å². The summed E-state index contributed by atoms with van der Waals surface area (Å²) in [7, 11) is 0. The minimum Gasteiger partial charge on any atom is -0.327 e. The van der Waals surface area contributed by atoms with Crippen molar-refractivity contribution in [2.45, 2.75) is 57.9 Å². The smallest absolute Gasteiger partial charge is 0.00735 e. The van der Waals surface area contributed by atoms with Gasteiger partial charge in [-0.2, -0.15) is 0 Å². The van der Waals surface area contributed by atoms with Gasteiger partial charge in [0.25, 0.3) is 0 Å². The Morgan fingerprint density at radius 3 is 2.50 bits per heavy atom. The van der Waals surface area contributed by atoms with Gasteiger partial charge in [-0.3, -0.25) is 0 Å². The zero-order chi connectivity index (χ0) is 12.1. The van der Waals surface area contributed by atoms with Crippen LogP contribution in [0.4, 0.5) is 0 Å². The first kappa shape index (κ1) is 15.2. The molecule has 0 spiro atoms. The zero-order valence-corrected chi connectivity index (χ0v) is 10.7. The van der Waals surface area contributed by atoms with Gasteiger partial charge < -0.3 is 5.73 Å². The average molecular weight is 221 g/mol. The number of nitrogens with two attached hydrogens (primary N) is 1. The van der Waals surface area contributed by atoms with Crippen LogP contribution in [0.1, 0.15) is 51.9 Å². The maximum absolute atomic E-state index is 6.01. The molecule has 0 aliphatic carbocycles. The standard InChI is InChI=1S/C15H27N/c1-3-5-7-9-11-13-15(16)14-12-10-8-6-4-2/h3,5,7,9,11,15H,1,4,6,8,10,12-14,16H2,2H3/b7-5-,11-9-. The third-order valence-electron chi connectivity index (χ3n) is 2.61. The molecule has 0 fully saturated rings. The highest BCUT2D eigenvalue weighted by atomic mass is 14.6. The van der Waals surface area contributed by atoms with Gasteiger partial charge in [0.15, 0.2) is 0 Å². The van der Waals surface area contributed by atoms with Crippen LogP contribution in [0.5, 0.6) is 0 Å². The molecule has 0 aromatic heterocycles. The van der Waals surface area contributed by atoms with Crippen LogP contribution in [0.3, 0.4) is 0 Å². The molecule has 1 atom stereocenters. The fraction of sp³-hybridized carbons (Fsp3) is 0.600. The van der Waals surface area contributed by atoms with Crippen molar-refractivity contribution < 1.29 is 0 Å². The van der Waals surface area contributed by atoms with Gasteiger partial charge in [-0.15, -0.1) is 0 Å². The van der Waals surface area contributed by atoms with Crippen LogP contribution in [0.2, 0.25) is 0 Å². The van der Waals surface area contributed by atoms with Crippen molar-refractivity contribution in [3.8, 4) is 0 Å². The van der Waals surface area contributed by atoms with Crippen LogP contribution in [-0.2, 0) is 0 Å². The van der Waals surface area contributed by atoms with Crippen LogP contribution in [0.25, 0.3) is 0 Å². The van der Waals surface area contributed by atoms with E-state index in [1.165, 1.54) is 32.1 Å². The molecule has 0 bridgehead atoms. The normalized spacial score (nSPS) is 13.6. The van der Waals surface area contributed by atoms with Crippen LogP contribution in [-0.4, -0.2) is 6.04 Å². The molecular weight excluding hydrogens is 194 g/mol. The number of allylic oxidation sites excluding steroid dienone is 4. The molecule has 0 aromatic rings. The van der Waals surface area contributed by atoms with Crippen molar-refractivity contribution in [2.75, 3.05) is 0 Å². The van der Waals surface area contributed by atoms with Gasteiger partial charge in [-0.25, -0.2) is 0 Å². The molecule has 0 aliphatic heterocycles. The molecule has 0 aliphatic rings. The molecule has 16 heavy (non-hydrogen) atoms. The lowest BCUT2D eigenvalue weighted by atomic mass is 10.0. The Morgan fingerprint density at radius 1 is 1.06 bits per heavy atom. The van der Waals surface area contributed by atoms with Crippen LogP contribution in [0.15, 0.2) is 37.0 Å². The summed E-state index contributed by atoms with van der Waals surface area (Å²) in [4.78, 5) is 0. The van der Waals surface area contributed by atoms with E-state index in [4.69, 9.17) is 5.73 Å². The third-order valence-corrected chi connectivity index (χ3v) is 2.61. The molecule has 0 saturated carbocycles. The fourth-order valence-corrected chi connectivity index (χ4v) is 1.60. The highest BCUT2D eigenvalue weighted by molar-refractivity contribution is 5.09. The molecule has 0 aromatic carbocycles. The second-order valence-electron chi connectivity index (χ2n) is 4.25.